The normalized spacial score (nSPS) is 9.50. The first kappa shape index (κ1) is 9.56. The smallest absolute Gasteiger partial charge is 0.156 e. The molecule has 0 amide bonds. The molecule has 0 fully saturated rings. The fraction of sp³-hybridized carbons (Fsp3) is 0.125. The van der Waals surface area contributed by atoms with Gasteiger partial charge >= 0.3 is 0 Å². The monoisotopic (exact) mass is 245 g/mol. The molecule has 0 saturated heterocycles. The van der Waals surface area contributed by atoms with Gasteiger partial charge in [-0.15, -0.1) is 11.8 Å². The number of nitrogens with zero attached hydrogens (tertiary/aromatic N) is 1. The van der Waals surface area contributed by atoms with E-state index in [0.29, 0.717) is 9.37 Å². The highest BCUT2D eigenvalue weighted by molar-refractivity contribution is 9.10. The number of nitriles is 1. The van der Waals surface area contributed by atoms with E-state index in [1.807, 2.05) is 12.3 Å². The maximum absolute atomic E-state index is 13.2. The zero-order valence-electron chi connectivity index (χ0n) is 6.27. The number of thioether (sulfide) groups is 1. The van der Waals surface area contributed by atoms with Gasteiger partial charge in [0.15, 0.2) is 5.82 Å². The predicted octanol–water partition coefficient (Wildman–Crippen LogP) is 3.18. The molecule has 0 aromatic heterocycles. The highest BCUT2D eigenvalue weighted by Gasteiger charge is 2.10. The van der Waals surface area contributed by atoms with Crippen molar-refractivity contribution in [1.29, 1.82) is 5.26 Å². The van der Waals surface area contributed by atoms with Crippen molar-refractivity contribution in [3.63, 3.8) is 0 Å². The molecule has 1 nitrogen and oxygen atoms in total. The average molecular weight is 246 g/mol. The topological polar surface area (TPSA) is 23.8 Å². The third-order valence-corrected chi connectivity index (χ3v) is 2.78. The second kappa shape index (κ2) is 3.92. The molecule has 1 aromatic carbocycles. The zero-order valence-corrected chi connectivity index (χ0v) is 8.67. The van der Waals surface area contributed by atoms with Crippen LogP contribution in [0.25, 0.3) is 0 Å². The van der Waals surface area contributed by atoms with Crippen LogP contribution in [0.2, 0.25) is 0 Å². The summed E-state index contributed by atoms with van der Waals surface area (Å²) in [6.07, 6.45) is 1.81. The Morgan fingerprint density at radius 2 is 2.25 bits per heavy atom. The Labute approximate surface area is 82.7 Å². The van der Waals surface area contributed by atoms with Gasteiger partial charge in [-0.25, -0.2) is 4.39 Å². The highest BCUT2D eigenvalue weighted by atomic mass is 79.9. The summed E-state index contributed by atoms with van der Waals surface area (Å²) in [4.78, 5) is 0.665. The summed E-state index contributed by atoms with van der Waals surface area (Å²) in [5.74, 6) is -0.482. The summed E-state index contributed by atoms with van der Waals surface area (Å²) in [5.41, 5.74) is 0.108. The van der Waals surface area contributed by atoms with Gasteiger partial charge in [0.25, 0.3) is 0 Å². The minimum atomic E-state index is -0.482. The summed E-state index contributed by atoms with van der Waals surface area (Å²) in [6.45, 7) is 0. The first-order valence-electron chi connectivity index (χ1n) is 3.12. The SMILES string of the molecule is CSc1ccc(Br)c(F)c1C#N. The molecule has 0 aliphatic carbocycles. The van der Waals surface area contributed by atoms with Crippen LogP contribution in [0.15, 0.2) is 21.5 Å². The molecule has 0 heterocycles. The molecule has 0 N–H and O–H groups in total. The lowest BCUT2D eigenvalue weighted by atomic mass is 10.2. The van der Waals surface area contributed by atoms with E-state index < -0.39 is 5.82 Å². The summed E-state index contributed by atoms with van der Waals surface area (Å²) < 4.78 is 13.5. The number of rotatable bonds is 1. The summed E-state index contributed by atoms with van der Waals surface area (Å²) >= 11 is 4.37. The van der Waals surface area contributed by atoms with E-state index in [9.17, 15) is 4.39 Å². The fourth-order valence-corrected chi connectivity index (χ4v) is 1.68. The van der Waals surface area contributed by atoms with E-state index in [2.05, 4.69) is 15.9 Å². The molecule has 0 saturated carbocycles. The molecule has 1 aromatic rings. The van der Waals surface area contributed by atoms with Crippen molar-refractivity contribution >= 4 is 27.7 Å². The van der Waals surface area contributed by atoms with Gasteiger partial charge in [-0.3, -0.25) is 0 Å². The van der Waals surface area contributed by atoms with Gasteiger partial charge in [-0.2, -0.15) is 5.26 Å². The second-order valence-electron chi connectivity index (χ2n) is 2.05. The Bertz CT molecular complexity index is 346. The van der Waals surface area contributed by atoms with Crippen LogP contribution in [0.1, 0.15) is 5.56 Å². The molecule has 0 atom stereocenters. The molecule has 12 heavy (non-hydrogen) atoms. The van der Waals surface area contributed by atoms with Crippen LogP contribution < -0.4 is 0 Å². The standard InChI is InChI=1S/C8H5BrFNS/c1-12-7-3-2-6(9)8(10)5(7)4-11/h2-3H,1H3. The average Bonchev–Trinajstić information content (AvgIpc) is 2.09. The third kappa shape index (κ3) is 1.62. The molecule has 1 rings (SSSR count). The van der Waals surface area contributed by atoms with Gasteiger partial charge < -0.3 is 0 Å². The van der Waals surface area contributed by atoms with Gasteiger partial charge in [0.2, 0.25) is 0 Å². The van der Waals surface area contributed by atoms with E-state index >= 15 is 0 Å². The molecule has 0 aliphatic heterocycles. The maximum Gasteiger partial charge on any atom is 0.156 e. The molecule has 0 unspecified atom stereocenters. The van der Waals surface area contributed by atoms with Gasteiger partial charge in [0, 0.05) is 4.90 Å². The van der Waals surface area contributed by atoms with Crippen molar-refractivity contribution in [2.24, 2.45) is 0 Å². The highest BCUT2D eigenvalue weighted by Crippen LogP contribution is 2.27. The molecule has 62 valence electrons. The Morgan fingerprint density at radius 1 is 1.58 bits per heavy atom. The van der Waals surface area contributed by atoms with Crippen LogP contribution in [0.4, 0.5) is 4.39 Å². The third-order valence-electron chi connectivity index (χ3n) is 1.39. The van der Waals surface area contributed by atoms with E-state index in [1.54, 1.807) is 12.1 Å². The van der Waals surface area contributed by atoms with Crippen molar-refractivity contribution in [2.75, 3.05) is 6.26 Å². The lowest BCUT2D eigenvalue weighted by Gasteiger charge is -2.01. The minimum absolute atomic E-state index is 0.108. The Morgan fingerprint density at radius 3 is 2.75 bits per heavy atom. The first-order chi connectivity index (χ1) is 5.70. The van der Waals surface area contributed by atoms with Gasteiger partial charge in [0.05, 0.1) is 4.47 Å². The van der Waals surface area contributed by atoms with Crippen molar-refractivity contribution in [3.8, 4) is 6.07 Å². The van der Waals surface area contributed by atoms with Crippen LogP contribution in [0.3, 0.4) is 0 Å². The predicted molar refractivity (Wildman–Crippen MR) is 50.6 cm³/mol. The van der Waals surface area contributed by atoms with Gasteiger partial charge in [-0.1, -0.05) is 0 Å². The Balaban J connectivity index is 3.38. The van der Waals surface area contributed by atoms with Crippen molar-refractivity contribution in [3.05, 3.63) is 28.0 Å². The molecule has 0 radical (unpaired) electrons. The quantitative estimate of drug-likeness (QED) is 0.710. The number of halogens is 2. The van der Waals surface area contributed by atoms with Crippen LogP contribution in [-0.4, -0.2) is 6.26 Å². The van der Waals surface area contributed by atoms with Crippen LogP contribution in [0.5, 0.6) is 0 Å². The van der Waals surface area contributed by atoms with Crippen molar-refractivity contribution < 1.29 is 4.39 Å². The molecule has 0 bridgehead atoms. The number of benzene rings is 1. The fourth-order valence-electron chi connectivity index (χ4n) is 0.807. The number of hydrogen-bond donors (Lipinski definition) is 0. The Kier molecular flexibility index (Phi) is 3.12. The first-order valence-corrected chi connectivity index (χ1v) is 5.14. The molecular formula is C8H5BrFNS. The zero-order chi connectivity index (χ0) is 9.14. The lowest BCUT2D eigenvalue weighted by molar-refractivity contribution is 0.613. The number of hydrogen-bond acceptors (Lipinski definition) is 2. The molecule has 0 aliphatic rings. The second-order valence-corrected chi connectivity index (χ2v) is 3.75. The summed E-state index contributed by atoms with van der Waals surface area (Å²) in [6, 6.07) is 5.15. The van der Waals surface area contributed by atoms with Crippen LogP contribution in [0, 0.1) is 17.1 Å². The summed E-state index contributed by atoms with van der Waals surface area (Å²) in [5, 5.41) is 8.63. The van der Waals surface area contributed by atoms with E-state index in [4.69, 9.17) is 5.26 Å². The van der Waals surface area contributed by atoms with Crippen molar-refractivity contribution in [1.82, 2.24) is 0 Å². The molecule has 0 spiro atoms. The lowest BCUT2D eigenvalue weighted by Crippen LogP contribution is -1.88. The van der Waals surface area contributed by atoms with Gasteiger partial charge in [-0.05, 0) is 34.3 Å². The maximum atomic E-state index is 13.2. The van der Waals surface area contributed by atoms with Crippen molar-refractivity contribution in [2.45, 2.75) is 4.90 Å². The largest absolute Gasteiger partial charge is 0.204 e. The summed E-state index contributed by atoms with van der Waals surface area (Å²) in [7, 11) is 0. The Hall–Kier alpha value is -0.530. The van der Waals surface area contributed by atoms with E-state index in [-0.39, 0.29) is 5.56 Å². The van der Waals surface area contributed by atoms with Gasteiger partial charge in [0.1, 0.15) is 11.6 Å². The van der Waals surface area contributed by atoms with Crippen LogP contribution >= 0.6 is 27.7 Å². The van der Waals surface area contributed by atoms with E-state index in [0.717, 1.165) is 0 Å². The molecular weight excluding hydrogens is 241 g/mol. The minimum Gasteiger partial charge on any atom is -0.204 e. The van der Waals surface area contributed by atoms with Crippen LogP contribution in [-0.2, 0) is 0 Å². The molecule has 4 heteroatoms. The van der Waals surface area contributed by atoms with E-state index in [1.165, 1.54) is 11.8 Å².